The summed E-state index contributed by atoms with van der Waals surface area (Å²) in [5.41, 5.74) is 7.31. The minimum absolute atomic E-state index is 0.449. The smallest absolute Gasteiger partial charge is 0.141 e. The van der Waals surface area contributed by atoms with Gasteiger partial charge in [-0.15, -0.1) is 0 Å². The molecule has 1 fully saturated rings. The fourth-order valence-electron chi connectivity index (χ4n) is 2.61. The van der Waals surface area contributed by atoms with E-state index in [2.05, 4.69) is 4.90 Å². The van der Waals surface area contributed by atoms with E-state index in [0.717, 1.165) is 31.6 Å². The van der Waals surface area contributed by atoms with Crippen molar-refractivity contribution in [2.24, 2.45) is 0 Å². The molecule has 0 aliphatic carbocycles. The lowest BCUT2D eigenvalue weighted by Crippen LogP contribution is -2.31. The van der Waals surface area contributed by atoms with E-state index in [1.54, 1.807) is 13.2 Å². The summed E-state index contributed by atoms with van der Waals surface area (Å²) in [6, 6.07) is 5.50. The molecule has 19 heavy (non-hydrogen) atoms. The van der Waals surface area contributed by atoms with E-state index in [0.29, 0.717) is 11.4 Å². The van der Waals surface area contributed by atoms with Gasteiger partial charge in [0, 0.05) is 6.54 Å². The van der Waals surface area contributed by atoms with E-state index in [9.17, 15) is 5.11 Å². The van der Waals surface area contributed by atoms with Crippen LogP contribution in [0.15, 0.2) is 18.2 Å². The van der Waals surface area contributed by atoms with E-state index in [-0.39, 0.29) is 0 Å². The molecule has 0 aromatic heterocycles. The summed E-state index contributed by atoms with van der Waals surface area (Å²) >= 11 is 0. The van der Waals surface area contributed by atoms with E-state index in [4.69, 9.17) is 10.5 Å². The highest BCUT2D eigenvalue weighted by atomic mass is 16.5. The Balaban J connectivity index is 1.88. The van der Waals surface area contributed by atoms with Crippen molar-refractivity contribution < 1.29 is 9.84 Å². The largest absolute Gasteiger partial charge is 0.495 e. The van der Waals surface area contributed by atoms with Gasteiger partial charge in [-0.25, -0.2) is 0 Å². The summed E-state index contributed by atoms with van der Waals surface area (Å²) in [4.78, 5) is 2.43. The molecule has 106 valence electrons. The highest BCUT2D eigenvalue weighted by Crippen LogP contribution is 2.26. The minimum Gasteiger partial charge on any atom is -0.495 e. The first-order valence-electron chi connectivity index (χ1n) is 7.04. The van der Waals surface area contributed by atoms with Gasteiger partial charge < -0.3 is 20.5 Å². The van der Waals surface area contributed by atoms with Gasteiger partial charge in [0.15, 0.2) is 0 Å². The number of methoxy groups -OCH3 is 1. The molecule has 1 aromatic carbocycles. The number of benzene rings is 1. The van der Waals surface area contributed by atoms with E-state index >= 15 is 0 Å². The van der Waals surface area contributed by atoms with Crippen LogP contribution in [0, 0.1) is 0 Å². The summed E-state index contributed by atoms with van der Waals surface area (Å²) in [5, 5.41) is 10.2. The van der Waals surface area contributed by atoms with E-state index in [1.165, 1.54) is 19.3 Å². The van der Waals surface area contributed by atoms with Crippen LogP contribution in [0.2, 0.25) is 0 Å². The number of ether oxygens (including phenoxy) is 1. The predicted molar refractivity (Wildman–Crippen MR) is 77.3 cm³/mol. The zero-order valence-electron chi connectivity index (χ0n) is 11.6. The van der Waals surface area contributed by atoms with Crippen LogP contribution in [0.4, 0.5) is 5.69 Å². The Morgan fingerprint density at radius 3 is 2.68 bits per heavy atom. The number of hydrogen-bond acceptors (Lipinski definition) is 4. The topological polar surface area (TPSA) is 58.7 Å². The highest BCUT2D eigenvalue weighted by molar-refractivity contribution is 5.54. The molecule has 0 radical (unpaired) electrons. The van der Waals surface area contributed by atoms with Gasteiger partial charge in [0.1, 0.15) is 5.75 Å². The number of aliphatic hydroxyl groups is 1. The van der Waals surface area contributed by atoms with Crippen molar-refractivity contribution in [3.05, 3.63) is 23.8 Å². The van der Waals surface area contributed by atoms with Crippen LogP contribution in [0.1, 0.15) is 37.4 Å². The Morgan fingerprint density at radius 1 is 1.32 bits per heavy atom. The Hall–Kier alpha value is -1.26. The van der Waals surface area contributed by atoms with Gasteiger partial charge in [-0.1, -0.05) is 12.5 Å². The van der Waals surface area contributed by atoms with Crippen molar-refractivity contribution >= 4 is 5.69 Å². The fraction of sp³-hybridized carbons (Fsp3) is 0.600. The molecule has 1 aliphatic rings. The molecule has 0 bridgehead atoms. The second kappa shape index (κ2) is 6.78. The molecule has 3 N–H and O–H groups in total. The lowest BCUT2D eigenvalue weighted by atomic mass is 10.0. The van der Waals surface area contributed by atoms with Gasteiger partial charge in [-0.3, -0.25) is 0 Å². The molecule has 1 aromatic rings. The molecule has 0 amide bonds. The third-order valence-electron chi connectivity index (χ3n) is 3.81. The molecular weight excluding hydrogens is 240 g/mol. The zero-order valence-corrected chi connectivity index (χ0v) is 11.6. The van der Waals surface area contributed by atoms with Gasteiger partial charge in [-0.05, 0) is 50.0 Å². The van der Waals surface area contributed by atoms with Gasteiger partial charge in [0.05, 0.1) is 18.9 Å². The number of rotatable bonds is 5. The van der Waals surface area contributed by atoms with Crippen LogP contribution in [-0.2, 0) is 0 Å². The molecule has 1 aliphatic heterocycles. The van der Waals surface area contributed by atoms with Crippen LogP contribution in [0.25, 0.3) is 0 Å². The summed E-state index contributed by atoms with van der Waals surface area (Å²) < 4.78 is 5.12. The Kier molecular flexibility index (Phi) is 5.05. The maximum atomic E-state index is 10.2. The van der Waals surface area contributed by atoms with Crippen molar-refractivity contribution in [1.82, 2.24) is 4.90 Å². The standard InChI is InChI=1S/C15H24N2O2/c1-19-15-6-5-12(11-13(15)16)14(18)7-10-17-8-3-2-4-9-17/h5-6,11,14,18H,2-4,7-10,16H2,1H3. The maximum absolute atomic E-state index is 10.2. The van der Waals surface area contributed by atoms with E-state index in [1.807, 2.05) is 12.1 Å². The molecular formula is C15H24N2O2. The first-order chi connectivity index (χ1) is 9.20. The van der Waals surface area contributed by atoms with E-state index < -0.39 is 6.10 Å². The van der Waals surface area contributed by atoms with Crippen LogP contribution in [0.5, 0.6) is 5.75 Å². The third-order valence-corrected chi connectivity index (χ3v) is 3.81. The number of nitrogen functional groups attached to an aromatic ring is 1. The van der Waals surface area contributed by atoms with Gasteiger partial charge in [0.2, 0.25) is 0 Å². The summed E-state index contributed by atoms with van der Waals surface area (Å²) in [6.45, 7) is 3.28. The summed E-state index contributed by atoms with van der Waals surface area (Å²) in [6.07, 6.45) is 4.21. The fourth-order valence-corrected chi connectivity index (χ4v) is 2.61. The van der Waals surface area contributed by atoms with Crippen LogP contribution < -0.4 is 10.5 Å². The molecule has 0 spiro atoms. The van der Waals surface area contributed by atoms with Gasteiger partial charge in [0.25, 0.3) is 0 Å². The lowest BCUT2D eigenvalue weighted by Gasteiger charge is -2.27. The third kappa shape index (κ3) is 3.85. The monoisotopic (exact) mass is 264 g/mol. The van der Waals surface area contributed by atoms with Crippen LogP contribution in [-0.4, -0.2) is 36.8 Å². The second-order valence-corrected chi connectivity index (χ2v) is 5.21. The first kappa shape index (κ1) is 14.2. The number of anilines is 1. The quantitative estimate of drug-likeness (QED) is 0.800. The van der Waals surface area contributed by atoms with Crippen molar-refractivity contribution in [2.45, 2.75) is 31.8 Å². The molecule has 1 saturated heterocycles. The normalized spacial score (nSPS) is 18.2. The van der Waals surface area contributed by atoms with Crippen LogP contribution in [0.3, 0.4) is 0 Å². The number of nitrogens with two attached hydrogens (primary N) is 1. The Labute approximate surface area is 115 Å². The van der Waals surface area contributed by atoms with Crippen molar-refractivity contribution in [2.75, 3.05) is 32.5 Å². The molecule has 1 unspecified atom stereocenters. The Morgan fingerprint density at radius 2 is 2.05 bits per heavy atom. The van der Waals surface area contributed by atoms with Gasteiger partial charge >= 0.3 is 0 Å². The number of piperidine rings is 1. The van der Waals surface area contributed by atoms with Crippen molar-refractivity contribution in [3.8, 4) is 5.75 Å². The molecule has 4 heteroatoms. The minimum atomic E-state index is -0.449. The second-order valence-electron chi connectivity index (χ2n) is 5.21. The zero-order chi connectivity index (χ0) is 13.7. The van der Waals surface area contributed by atoms with Crippen molar-refractivity contribution in [1.29, 1.82) is 0 Å². The highest BCUT2D eigenvalue weighted by Gasteiger charge is 2.14. The molecule has 1 atom stereocenters. The maximum Gasteiger partial charge on any atom is 0.141 e. The predicted octanol–water partition coefficient (Wildman–Crippen LogP) is 2.19. The summed E-state index contributed by atoms with van der Waals surface area (Å²) in [5.74, 6) is 0.659. The average molecular weight is 264 g/mol. The number of nitrogens with zero attached hydrogens (tertiary/aromatic N) is 1. The van der Waals surface area contributed by atoms with Crippen LogP contribution >= 0.6 is 0 Å². The molecule has 4 nitrogen and oxygen atoms in total. The number of likely N-dealkylation sites (tertiary alicyclic amines) is 1. The number of aliphatic hydroxyl groups excluding tert-OH is 1. The lowest BCUT2D eigenvalue weighted by molar-refractivity contribution is 0.134. The molecule has 1 heterocycles. The summed E-state index contributed by atoms with van der Waals surface area (Å²) in [7, 11) is 1.60. The Bertz CT molecular complexity index is 403. The number of hydrogen-bond donors (Lipinski definition) is 2. The molecule has 0 saturated carbocycles. The van der Waals surface area contributed by atoms with Gasteiger partial charge in [-0.2, -0.15) is 0 Å². The molecule has 2 rings (SSSR count). The van der Waals surface area contributed by atoms with Crippen molar-refractivity contribution in [3.63, 3.8) is 0 Å². The average Bonchev–Trinajstić information content (AvgIpc) is 2.45. The SMILES string of the molecule is COc1ccc(C(O)CCN2CCCCC2)cc1N. The first-order valence-corrected chi connectivity index (χ1v) is 7.04.